The lowest BCUT2D eigenvalue weighted by molar-refractivity contribution is 0.343. The summed E-state index contributed by atoms with van der Waals surface area (Å²) in [6, 6.07) is 14.3. The van der Waals surface area contributed by atoms with Gasteiger partial charge in [0.05, 0.1) is 43.0 Å². The molecule has 0 bridgehead atoms. The van der Waals surface area contributed by atoms with Gasteiger partial charge in [0.1, 0.15) is 4.70 Å². The standard InChI is InChI=1S/C23H17N5O3S/c1-13-12-32-21-19(13)27-23(26-16-6-4-14(10-24)5-7-16)28-22(21)31-20-17(29-2)8-15(11-25)9-18(20)30-3/h4-9,12H,1-3H3,(H,26,27,28). The Morgan fingerprint density at radius 3 is 2.19 bits per heavy atom. The molecule has 4 aromatic rings. The molecule has 0 atom stereocenters. The molecule has 158 valence electrons. The maximum Gasteiger partial charge on any atom is 0.242 e. The first kappa shape index (κ1) is 20.9. The zero-order valence-corrected chi connectivity index (χ0v) is 18.3. The summed E-state index contributed by atoms with van der Waals surface area (Å²) in [5.74, 6) is 1.67. The summed E-state index contributed by atoms with van der Waals surface area (Å²) >= 11 is 1.47. The van der Waals surface area contributed by atoms with Crippen molar-refractivity contribution in [3.05, 3.63) is 58.5 Å². The summed E-state index contributed by atoms with van der Waals surface area (Å²) in [4.78, 5) is 9.19. The van der Waals surface area contributed by atoms with E-state index in [2.05, 4.69) is 27.4 Å². The van der Waals surface area contributed by atoms with Gasteiger partial charge in [-0.05, 0) is 42.1 Å². The summed E-state index contributed by atoms with van der Waals surface area (Å²) in [7, 11) is 2.98. The second-order valence-corrected chi connectivity index (χ2v) is 7.57. The van der Waals surface area contributed by atoms with Gasteiger partial charge in [-0.1, -0.05) is 0 Å². The number of benzene rings is 2. The number of nitriles is 2. The third-order valence-corrected chi connectivity index (χ3v) is 5.70. The van der Waals surface area contributed by atoms with Crippen LogP contribution in [0.25, 0.3) is 10.2 Å². The normalized spacial score (nSPS) is 10.3. The maximum atomic E-state index is 9.26. The van der Waals surface area contributed by atoms with Gasteiger partial charge in [-0.25, -0.2) is 4.98 Å². The molecule has 0 saturated heterocycles. The predicted octanol–water partition coefficient (Wildman–Crippen LogP) is 5.30. The number of anilines is 2. The van der Waals surface area contributed by atoms with Gasteiger partial charge >= 0.3 is 0 Å². The van der Waals surface area contributed by atoms with Crippen molar-refractivity contribution in [1.82, 2.24) is 9.97 Å². The molecule has 9 heteroatoms. The number of thiophene rings is 1. The molecule has 32 heavy (non-hydrogen) atoms. The average molecular weight is 443 g/mol. The first-order valence-electron chi connectivity index (χ1n) is 9.43. The number of nitrogens with zero attached hydrogens (tertiary/aromatic N) is 4. The molecule has 2 aromatic heterocycles. The number of nitrogens with one attached hydrogen (secondary N) is 1. The fourth-order valence-corrected chi connectivity index (χ4v) is 3.94. The lowest BCUT2D eigenvalue weighted by Crippen LogP contribution is -2.01. The van der Waals surface area contributed by atoms with E-state index in [1.54, 1.807) is 36.4 Å². The van der Waals surface area contributed by atoms with E-state index in [0.29, 0.717) is 40.2 Å². The third-order valence-electron chi connectivity index (χ3n) is 4.62. The van der Waals surface area contributed by atoms with Crippen molar-refractivity contribution in [3.63, 3.8) is 0 Å². The first-order chi connectivity index (χ1) is 15.6. The fourth-order valence-electron chi connectivity index (χ4n) is 3.03. The molecule has 0 saturated carbocycles. The van der Waals surface area contributed by atoms with E-state index in [4.69, 9.17) is 19.5 Å². The van der Waals surface area contributed by atoms with Crippen LogP contribution in [0.5, 0.6) is 23.1 Å². The van der Waals surface area contributed by atoms with Crippen molar-refractivity contribution in [2.75, 3.05) is 19.5 Å². The number of rotatable bonds is 6. The van der Waals surface area contributed by atoms with Gasteiger partial charge in [0.15, 0.2) is 11.5 Å². The van der Waals surface area contributed by atoms with Gasteiger partial charge in [0.25, 0.3) is 0 Å². The fraction of sp³-hybridized carbons (Fsp3) is 0.130. The van der Waals surface area contributed by atoms with Crippen molar-refractivity contribution in [1.29, 1.82) is 10.5 Å². The van der Waals surface area contributed by atoms with Crippen molar-refractivity contribution >= 4 is 33.2 Å². The molecule has 0 spiro atoms. The molecular formula is C23H17N5O3S. The van der Waals surface area contributed by atoms with E-state index in [0.717, 1.165) is 21.5 Å². The second kappa shape index (κ2) is 8.80. The number of ether oxygens (including phenoxy) is 3. The Morgan fingerprint density at radius 2 is 1.59 bits per heavy atom. The highest BCUT2D eigenvalue weighted by molar-refractivity contribution is 7.17. The summed E-state index contributed by atoms with van der Waals surface area (Å²) in [6.07, 6.45) is 0. The van der Waals surface area contributed by atoms with Crippen molar-refractivity contribution in [3.8, 4) is 35.3 Å². The van der Waals surface area contributed by atoms with Crippen LogP contribution < -0.4 is 19.5 Å². The number of aryl methyl sites for hydroxylation is 1. The lowest BCUT2D eigenvalue weighted by Gasteiger charge is -2.15. The second-order valence-electron chi connectivity index (χ2n) is 6.69. The van der Waals surface area contributed by atoms with Crippen LogP contribution >= 0.6 is 11.3 Å². The van der Waals surface area contributed by atoms with Crippen LogP contribution in [-0.4, -0.2) is 24.2 Å². The SMILES string of the molecule is COc1cc(C#N)cc(OC)c1Oc1nc(Nc2ccc(C#N)cc2)nc2c(C)csc12. The van der Waals surface area contributed by atoms with E-state index in [-0.39, 0.29) is 0 Å². The number of hydrogen-bond donors (Lipinski definition) is 1. The Bertz CT molecular complexity index is 1360. The van der Waals surface area contributed by atoms with Crippen molar-refractivity contribution in [2.24, 2.45) is 0 Å². The van der Waals surface area contributed by atoms with Crippen LogP contribution in [0.3, 0.4) is 0 Å². The molecule has 4 rings (SSSR count). The van der Waals surface area contributed by atoms with Gasteiger partial charge < -0.3 is 19.5 Å². The van der Waals surface area contributed by atoms with Crippen LogP contribution in [0.15, 0.2) is 41.8 Å². The van der Waals surface area contributed by atoms with E-state index in [1.807, 2.05) is 12.3 Å². The van der Waals surface area contributed by atoms with Gasteiger partial charge in [-0.15, -0.1) is 11.3 Å². The van der Waals surface area contributed by atoms with E-state index in [1.165, 1.54) is 25.6 Å². The van der Waals surface area contributed by atoms with Crippen molar-refractivity contribution in [2.45, 2.75) is 6.92 Å². The first-order valence-corrected chi connectivity index (χ1v) is 10.3. The third kappa shape index (κ3) is 3.97. The quantitative estimate of drug-likeness (QED) is 0.427. The molecule has 0 aliphatic carbocycles. The van der Waals surface area contributed by atoms with Gasteiger partial charge in [0, 0.05) is 17.8 Å². The van der Waals surface area contributed by atoms with Crippen LogP contribution in [0.4, 0.5) is 11.6 Å². The highest BCUT2D eigenvalue weighted by Crippen LogP contribution is 2.43. The Kier molecular flexibility index (Phi) is 5.75. The van der Waals surface area contributed by atoms with Crippen molar-refractivity contribution < 1.29 is 14.2 Å². The molecule has 2 heterocycles. The van der Waals surface area contributed by atoms with Crippen LogP contribution in [0, 0.1) is 29.6 Å². The minimum absolute atomic E-state index is 0.310. The highest BCUT2D eigenvalue weighted by Gasteiger charge is 2.20. The summed E-state index contributed by atoms with van der Waals surface area (Å²) in [5, 5.41) is 23.4. The molecule has 2 aromatic carbocycles. The average Bonchev–Trinajstić information content (AvgIpc) is 3.20. The molecule has 8 nitrogen and oxygen atoms in total. The number of fused-ring (bicyclic) bond motifs is 1. The molecule has 0 unspecified atom stereocenters. The van der Waals surface area contributed by atoms with E-state index in [9.17, 15) is 5.26 Å². The minimum atomic E-state index is 0.310. The van der Waals surface area contributed by atoms with E-state index < -0.39 is 0 Å². The predicted molar refractivity (Wildman–Crippen MR) is 121 cm³/mol. The Hall–Kier alpha value is -4.34. The molecule has 0 aliphatic heterocycles. The summed E-state index contributed by atoms with van der Waals surface area (Å²) in [6.45, 7) is 1.96. The summed E-state index contributed by atoms with van der Waals surface area (Å²) < 4.78 is 17.8. The number of aromatic nitrogens is 2. The molecular weight excluding hydrogens is 426 g/mol. The topological polar surface area (TPSA) is 113 Å². The number of methoxy groups -OCH3 is 2. The molecule has 0 radical (unpaired) electrons. The summed E-state index contributed by atoms with van der Waals surface area (Å²) in [5.41, 5.74) is 3.41. The zero-order valence-electron chi connectivity index (χ0n) is 17.5. The van der Waals surface area contributed by atoms with Crippen LogP contribution in [0.2, 0.25) is 0 Å². The Morgan fingerprint density at radius 1 is 0.938 bits per heavy atom. The van der Waals surface area contributed by atoms with Gasteiger partial charge in [0.2, 0.25) is 17.6 Å². The minimum Gasteiger partial charge on any atom is -0.493 e. The largest absolute Gasteiger partial charge is 0.493 e. The molecule has 1 N–H and O–H groups in total. The van der Waals surface area contributed by atoms with Crippen LogP contribution in [0.1, 0.15) is 16.7 Å². The van der Waals surface area contributed by atoms with Gasteiger partial charge in [-0.3, -0.25) is 0 Å². The van der Waals surface area contributed by atoms with E-state index >= 15 is 0 Å². The zero-order chi connectivity index (χ0) is 22.7. The van der Waals surface area contributed by atoms with Gasteiger partial charge in [-0.2, -0.15) is 15.5 Å². The highest BCUT2D eigenvalue weighted by atomic mass is 32.1. The Balaban J connectivity index is 1.79. The maximum absolute atomic E-state index is 9.26. The van der Waals surface area contributed by atoms with Crippen LogP contribution in [-0.2, 0) is 0 Å². The molecule has 0 fully saturated rings. The molecule has 0 amide bonds. The monoisotopic (exact) mass is 443 g/mol. The number of hydrogen-bond acceptors (Lipinski definition) is 9. The Labute approximate surface area is 188 Å². The molecule has 0 aliphatic rings. The lowest BCUT2D eigenvalue weighted by atomic mass is 10.2. The smallest absolute Gasteiger partial charge is 0.242 e.